The lowest BCUT2D eigenvalue weighted by atomic mass is 10.1. The average Bonchev–Trinajstić information content (AvgIpc) is 2.83. The number of sulfonamides is 1. The van der Waals surface area contributed by atoms with Crippen LogP contribution in [0.3, 0.4) is 0 Å². The van der Waals surface area contributed by atoms with Gasteiger partial charge >= 0.3 is 0 Å². The lowest BCUT2D eigenvalue weighted by Crippen LogP contribution is -2.27. The van der Waals surface area contributed by atoms with Gasteiger partial charge in [0.1, 0.15) is 5.75 Å². The zero-order valence-corrected chi connectivity index (χ0v) is 21.3. The summed E-state index contributed by atoms with van der Waals surface area (Å²) < 4.78 is 44.5. The maximum Gasteiger partial charge on any atom is 0.261 e. The number of rotatable bonds is 10. The van der Waals surface area contributed by atoms with Gasteiger partial charge in [0.25, 0.3) is 15.9 Å². The molecule has 0 bridgehead atoms. The third kappa shape index (κ3) is 6.00. The van der Waals surface area contributed by atoms with Gasteiger partial charge in [-0.05, 0) is 70.4 Å². The van der Waals surface area contributed by atoms with Crippen LogP contribution >= 0.6 is 15.9 Å². The molecule has 2 N–H and O–H groups in total. The zero-order chi connectivity index (χ0) is 24.7. The van der Waals surface area contributed by atoms with Gasteiger partial charge in [0.05, 0.1) is 41.9 Å². The number of nitrogens with one attached hydrogen (secondary N) is 2. The van der Waals surface area contributed by atoms with Crippen molar-refractivity contribution in [3.8, 4) is 17.2 Å². The lowest BCUT2D eigenvalue weighted by molar-refractivity contribution is 0.0955. The number of ether oxygens (including phenoxy) is 3. The normalized spacial score (nSPS) is 10.9. The number of amides is 1. The van der Waals surface area contributed by atoms with E-state index in [0.29, 0.717) is 34.7 Å². The quantitative estimate of drug-likeness (QED) is 0.392. The number of carbonyl (C=O) groups is 1. The summed E-state index contributed by atoms with van der Waals surface area (Å²) >= 11 is 3.29. The molecule has 10 heteroatoms. The monoisotopic (exact) mass is 548 g/mol. The maximum absolute atomic E-state index is 12.9. The van der Waals surface area contributed by atoms with Crippen LogP contribution in [0.15, 0.2) is 70.0 Å². The van der Waals surface area contributed by atoms with Gasteiger partial charge in [0.2, 0.25) is 0 Å². The summed E-state index contributed by atoms with van der Waals surface area (Å²) in [7, 11) is 0.685. The van der Waals surface area contributed by atoms with Gasteiger partial charge in [-0.25, -0.2) is 8.42 Å². The molecule has 180 valence electrons. The number of hydrogen-bond acceptors (Lipinski definition) is 6. The third-order valence-corrected chi connectivity index (χ3v) is 6.98. The Bertz CT molecular complexity index is 1280. The second-order valence-electron chi connectivity index (χ2n) is 7.14. The molecular formula is C24H25BrN2O6S. The number of carbonyl (C=O) groups excluding carboxylic acids is 1. The molecule has 1 amide bonds. The van der Waals surface area contributed by atoms with Crippen molar-refractivity contribution in [2.24, 2.45) is 0 Å². The Hall–Kier alpha value is -3.24. The molecule has 0 radical (unpaired) electrons. The minimum Gasteiger partial charge on any atom is -0.496 e. The van der Waals surface area contributed by atoms with Crippen molar-refractivity contribution in [1.82, 2.24) is 5.32 Å². The third-order valence-electron chi connectivity index (χ3n) is 5.00. The first-order chi connectivity index (χ1) is 16.3. The van der Waals surface area contributed by atoms with Crippen molar-refractivity contribution in [2.75, 3.05) is 32.6 Å². The van der Waals surface area contributed by atoms with Crippen LogP contribution < -0.4 is 24.2 Å². The molecule has 34 heavy (non-hydrogen) atoms. The van der Waals surface area contributed by atoms with E-state index in [-0.39, 0.29) is 16.1 Å². The van der Waals surface area contributed by atoms with Crippen molar-refractivity contribution in [2.45, 2.75) is 11.3 Å². The van der Waals surface area contributed by atoms with Gasteiger partial charge in [-0.1, -0.05) is 18.2 Å². The summed E-state index contributed by atoms with van der Waals surface area (Å²) in [4.78, 5) is 12.9. The highest BCUT2D eigenvalue weighted by Gasteiger charge is 2.20. The fourth-order valence-electron chi connectivity index (χ4n) is 3.24. The van der Waals surface area contributed by atoms with E-state index in [2.05, 4.69) is 26.0 Å². The van der Waals surface area contributed by atoms with Gasteiger partial charge in [0.15, 0.2) is 11.5 Å². The number of halogens is 1. The van der Waals surface area contributed by atoms with Gasteiger partial charge in [-0.15, -0.1) is 0 Å². The van der Waals surface area contributed by atoms with E-state index in [1.807, 2.05) is 12.1 Å². The molecule has 0 aromatic heterocycles. The summed E-state index contributed by atoms with van der Waals surface area (Å²) in [5, 5.41) is 2.83. The van der Waals surface area contributed by atoms with Crippen LogP contribution in [0.5, 0.6) is 17.2 Å². The highest BCUT2D eigenvalue weighted by atomic mass is 79.9. The van der Waals surface area contributed by atoms with Crippen LogP contribution in [-0.2, 0) is 16.4 Å². The van der Waals surface area contributed by atoms with Gasteiger partial charge in [-0.3, -0.25) is 9.52 Å². The van der Waals surface area contributed by atoms with Crippen molar-refractivity contribution in [3.63, 3.8) is 0 Å². The first-order valence-electron chi connectivity index (χ1n) is 10.2. The van der Waals surface area contributed by atoms with E-state index < -0.39 is 15.9 Å². The number of benzene rings is 3. The van der Waals surface area contributed by atoms with Crippen LogP contribution in [0, 0.1) is 0 Å². The summed E-state index contributed by atoms with van der Waals surface area (Å²) in [5.41, 5.74) is 1.35. The Morgan fingerprint density at radius 1 is 0.882 bits per heavy atom. The topological polar surface area (TPSA) is 103 Å². The lowest BCUT2D eigenvalue weighted by Gasteiger charge is -2.14. The SMILES string of the molecule is COc1ccc(S(=O)(=O)Nc2ccccc2C(=O)NCCc2ccc(OC)c(OC)c2)cc1Br. The fraction of sp³-hybridized carbons (Fsp3) is 0.208. The van der Waals surface area contributed by atoms with Crippen LogP contribution in [0.25, 0.3) is 0 Å². The summed E-state index contributed by atoms with van der Waals surface area (Å²) in [6, 6.07) is 16.4. The minimum absolute atomic E-state index is 0.0313. The number of hydrogen-bond donors (Lipinski definition) is 2. The maximum atomic E-state index is 12.9. The predicted octanol–water partition coefficient (Wildman–Crippen LogP) is 4.25. The standard InChI is InChI=1S/C24H25BrN2O6S/c1-31-21-11-9-17(15-19(21)25)34(29,30)27-20-7-5-4-6-18(20)24(28)26-13-12-16-8-10-22(32-2)23(14-16)33-3/h4-11,14-15,27H,12-13H2,1-3H3,(H,26,28). The van der Waals surface area contributed by atoms with Gasteiger partial charge < -0.3 is 19.5 Å². The average molecular weight is 549 g/mol. The van der Waals surface area contributed by atoms with E-state index in [1.54, 1.807) is 50.6 Å². The molecule has 0 heterocycles. The molecule has 0 aliphatic rings. The van der Waals surface area contributed by atoms with Crippen molar-refractivity contribution in [3.05, 3.63) is 76.3 Å². The minimum atomic E-state index is -3.94. The number of para-hydroxylation sites is 1. The predicted molar refractivity (Wildman–Crippen MR) is 134 cm³/mol. The van der Waals surface area contributed by atoms with Crippen molar-refractivity contribution >= 4 is 37.5 Å². The van der Waals surface area contributed by atoms with Crippen LogP contribution in [0.2, 0.25) is 0 Å². The molecule has 8 nitrogen and oxygen atoms in total. The van der Waals surface area contributed by atoms with E-state index in [0.717, 1.165) is 5.56 Å². The molecule has 3 aromatic carbocycles. The molecule has 0 aliphatic carbocycles. The fourth-order valence-corrected chi connectivity index (χ4v) is 5.04. The first kappa shape index (κ1) is 25.4. The Morgan fingerprint density at radius 2 is 1.56 bits per heavy atom. The highest BCUT2D eigenvalue weighted by Crippen LogP contribution is 2.29. The second kappa shape index (κ2) is 11.3. The Kier molecular flexibility index (Phi) is 8.41. The molecule has 0 fully saturated rings. The molecular weight excluding hydrogens is 524 g/mol. The van der Waals surface area contributed by atoms with E-state index in [4.69, 9.17) is 14.2 Å². The van der Waals surface area contributed by atoms with Crippen LogP contribution in [0.1, 0.15) is 15.9 Å². The molecule has 0 atom stereocenters. The van der Waals surface area contributed by atoms with Crippen LogP contribution in [0.4, 0.5) is 5.69 Å². The Labute approximate surface area is 207 Å². The summed E-state index contributed by atoms with van der Waals surface area (Å²) in [6.45, 7) is 0.348. The highest BCUT2D eigenvalue weighted by molar-refractivity contribution is 9.10. The van der Waals surface area contributed by atoms with E-state index in [9.17, 15) is 13.2 Å². The number of anilines is 1. The summed E-state index contributed by atoms with van der Waals surface area (Å²) in [5.74, 6) is 1.35. The molecule has 3 aromatic rings. The molecule has 3 rings (SSSR count). The molecule has 0 aliphatic heterocycles. The molecule has 0 saturated carbocycles. The smallest absolute Gasteiger partial charge is 0.261 e. The first-order valence-corrected chi connectivity index (χ1v) is 12.5. The van der Waals surface area contributed by atoms with E-state index in [1.165, 1.54) is 19.2 Å². The van der Waals surface area contributed by atoms with Crippen LogP contribution in [-0.4, -0.2) is 42.2 Å². The number of methoxy groups -OCH3 is 3. The second-order valence-corrected chi connectivity index (χ2v) is 9.68. The Balaban J connectivity index is 1.71. The molecule has 0 saturated heterocycles. The van der Waals surface area contributed by atoms with Gasteiger partial charge in [-0.2, -0.15) is 0 Å². The molecule has 0 unspecified atom stereocenters. The summed E-state index contributed by atoms with van der Waals surface area (Å²) in [6.07, 6.45) is 0.555. The van der Waals surface area contributed by atoms with Crippen molar-refractivity contribution in [1.29, 1.82) is 0 Å². The Morgan fingerprint density at radius 3 is 2.24 bits per heavy atom. The largest absolute Gasteiger partial charge is 0.496 e. The van der Waals surface area contributed by atoms with Gasteiger partial charge in [0, 0.05) is 6.54 Å². The van der Waals surface area contributed by atoms with E-state index >= 15 is 0 Å². The zero-order valence-electron chi connectivity index (χ0n) is 18.9. The molecule has 0 spiro atoms. The van der Waals surface area contributed by atoms with Crippen molar-refractivity contribution < 1.29 is 27.4 Å².